The summed E-state index contributed by atoms with van der Waals surface area (Å²) >= 11 is 0. The normalized spacial score (nSPS) is 16.3. The lowest BCUT2D eigenvalue weighted by molar-refractivity contribution is -0.114. The fourth-order valence-electron chi connectivity index (χ4n) is 2.45. The number of anilines is 1. The molecule has 0 aromatic heterocycles. The summed E-state index contributed by atoms with van der Waals surface area (Å²) in [5, 5.41) is 3.43. The lowest BCUT2D eigenvalue weighted by Crippen LogP contribution is -2.42. The second-order valence-electron chi connectivity index (χ2n) is 7.00. The maximum atomic E-state index is 12.2. The minimum Gasteiger partial charge on any atom is -0.312 e. The highest BCUT2D eigenvalue weighted by Gasteiger charge is 2.36. The Morgan fingerprint density at radius 1 is 1.24 bits per heavy atom. The number of nitrogens with one attached hydrogen (secondary N) is 1. The number of carbonyl (C=O) groups excluding carboxylic acids is 2. The standard InChI is InChI=1S/C17H24N2O2/c1-11-6-7-14-13(8-11)15(20)16(21)19(14)10-12(2)9-18-17(3,4)5/h6-8,12,18H,9-10H2,1-5H3. The van der Waals surface area contributed by atoms with Crippen molar-refractivity contribution in [1.82, 2.24) is 5.32 Å². The first-order valence-corrected chi connectivity index (χ1v) is 7.41. The van der Waals surface area contributed by atoms with Crippen LogP contribution in [0.25, 0.3) is 0 Å². The molecule has 1 atom stereocenters. The zero-order chi connectivity index (χ0) is 15.8. The highest BCUT2D eigenvalue weighted by atomic mass is 16.2. The third-order valence-electron chi connectivity index (χ3n) is 3.60. The number of ketones is 1. The summed E-state index contributed by atoms with van der Waals surface area (Å²) < 4.78 is 0. The van der Waals surface area contributed by atoms with Crippen molar-refractivity contribution in [2.45, 2.75) is 40.2 Å². The quantitative estimate of drug-likeness (QED) is 0.866. The second-order valence-corrected chi connectivity index (χ2v) is 7.00. The van der Waals surface area contributed by atoms with E-state index in [0.29, 0.717) is 12.1 Å². The number of carbonyl (C=O) groups is 2. The van der Waals surface area contributed by atoms with Gasteiger partial charge in [-0.25, -0.2) is 0 Å². The first kappa shape index (κ1) is 15.7. The molecule has 1 aromatic carbocycles. The number of hydrogen-bond acceptors (Lipinski definition) is 3. The van der Waals surface area contributed by atoms with Crippen LogP contribution in [0.15, 0.2) is 18.2 Å². The molecule has 21 heavy (non-hydrogen) atoms. The molecule has 1 N–H and O–H groups in total. The SMILES string of the molecule is Cc1ccc2c(c1)C(=O)C(=O)N2CC(C)CNC(C)(C)C. The monoisotopic (exact) mass is 288 g/mol. The van der Waals surface area contributed by atoms with Crippen molar-refractivity contribution in [2.75, 3.05) is 18.0 Å². The molecule has 0 spiro atoms. The molecule has 1 amide bonds. The molecule has 1 unspecified atom stereocenters. The summed E-state index contributed by atoms with van der Waals surface area (Å²) in [6.45, 7) is 11.7. The highest BCUT2D eigenvalue weighted by Crippen LogP contribution is 2.30. The minimum absolute atomic E-state index is 0.0497. The first-order chi connectivity index (χ1) is 9.69. The minimum atomic E-state index is -0.404. The Morgan fingerprint density at radius 3 is 2.52 bits per heavy atom. The Morgan fingerprint density at radius 2 is 1.90 bits per heavy atom. The molecule has 0 saturated heterocycles. The number of benzene rings is 1. The molecule has 0 fully saturated rings. The summed E-state index contributed by atoms with van der Waals surface area (Å²) in [6, 6.07) is 5.61. The summed E-state index contributed by atoms with van der Waals surface area (Å²) in [4.78, 5) is 25.8. The molecular weight excluding hydrogens is 264 g/mol. The van der Waals surface area contributed by atoms with Crippen molar-refractivity contribution in [1.29, 1.82) is 0 Å². The predicted molar refractivity (Wildman–Crippen MR) is 84.8 cm³/mol. The third-order valence-corrected chi connectivity index (χ3v) is 3.60. The van der Waals surface area contributed by atoms with Crippen LogP contribution in [-0.2, 0) is 4.79 Å². The second kappa shape index (κ2) is 5.60. The van der Waals surface area contributed by atoms with E-state index < -0.39 is 5.91 Å². The number of fused-ring (bicyclic) bond motifs is 1. The Balaban J connectivity index is 2.11. The molecule has 114 valence electrons. The van der Waals surface area contributed by atoms with Crippen molar-refractivity contribution in [3.63, 3.8) is 0 Å². The van der Waals surface area contributed by atoms with Crippen LogP contribution in [0.1, 0.15) is 43.6 Å². The Labute approximate surface area is 126 Å². The molecule has 1 aromatic rings. The van der Waals surface area contributed by atoms with E-state index in [1.54, 1.807) is 11.0 Å². The number of aryl methyl sites for hydroxylation is 1. The number of Topliss-reactive ketones (excluding diaryl/α,β-unsaturated/α-hetero) is 1. The summed E-state index contributed by atoms with van der Waals surface area (Å²) in [6.07, 6.45) is 0. The number of amides is 1. The molecule has 2 rings (SSSR count). The molecule has 1 aliphatic rings. The summed E-state index contributed by atoms with van der Waals surface area (Å²) in [7, 11) is 0. The molecule has 4 heteroatoms. The van der Waals surface area contributed by atoms with E-state index in [4.69, 9.17) is 0 Å². The van der Waals surface area contributed by atoms with Crippen LogP contribution in [-0.4, -0.2) is 30.3 Å². The van der Waals surface area contributed by atoms with Gasteiger partial charge in [0.2, 0.25) is 0 Å². The van der Waals surface area contributed by atoms with Gasteiger partial charge in [0.15, 0.2) is 0 Å². The van der Waals surface area contributed by atoms with Crippen molar-refractivity contribution in [3.05, 3.63) is 29.3 Å². The molecule has 0 bridgehead atoms. The number of hydrogen-bond donors (Lipinski definition) is 1. The third kappa shape index (κ3) is 3.50. The maximum absolute atomic E-state index is 12.2. The Hall–Kier alpha value is -1.68. The largest absolute Gasteiger partial charge is 0.312 e. The smallest absolute Gasteiger partial charge is 0.299 e. The van der Waals surface area contributed by atoms with Gasteiger partial charge >= 0.3 is 0 Å². The van der Waals surface area contributed by atoms with Gasteiger partial charge in [0.25, 0.3) is 11.7 Å². The van der Waals surface area contributed by atoms with Crippen molar-refractivity contribution in [2.24, 2.45) is 5.92 Å². The van der Waals surface area contributed by atoms with Crippen molar-refractivity contribution < 1.29 is 9.59 Å². The topological polar surface area (TPSA) is 49.4 Å². The van der Waals surface area contributed by atoms with Crippen LogP contribution in [0.4, 0.5) is 5.69 Å². The van der Waals surface area contributed by atoms with Crippen LogP contribution in [0.3, 0.4) is 0 Å². The lowest BCUT2D eigenvalue weighted by Gasteiger charge is -2.26. The molecule has 1 heterocycles. The van der Waals surface area contributed by atoms with Gasteiger partial charge in [-0.3, -0.25) is 9.59 Å². The van der Waals surface area contributed by atoms with Gasteiger partial charge in [-0.1, -0.05) is 18.6 Å². The fraction of sp³-hybridized carbons (Fsp3) is 0.529. The highest BCUT2D eigenvalue weighted by molar-refractivity contribution is 6.52. The van der Waals surface area contributed by atoms with Gasteiger partial charge in [0.05, 0.1) is 11.3 Å². The average Bonchev–Trinajstić information content (AvgIpc) is 2.61. The van der Waals surface area contributed by atoms with Gasteiger partial charge < -0.3 is 10.2 Å². The zero-order valence-corrected chi connectivity index (χ0v) is 13.5. The van der Waals surface area contributed by atoms with Gasteiger partial charge in [-0.2, -0.15) is 0 Å². The van der Waals surface area contributed by atoms with Crippen LogP contribution in [0.5, 0.6) is 0 Å². The zero-order valence-electron chi connectivity index (χ0n) is 13.5. The Bertz CT molecular complexity index is 573. The van der Waals surface area contributed by atoms with E-state index >= 15 is 0 Å². The first-order valence-electron chi connectivity index (χ1n) is 7.41. The van der Waals surface area contributed by atoms with Crippen molar-refractivity contribution >= 4 is 17.4 Å². The molecule has 0 aliphatic carbocycles. The molecule has 1 aliphatic heterocycles. The lowest BCUT2D eigenvalue weighted by atomic mass is 10.1. The number of nitrogens with zero attached hydrogens (tertiary/aromatic N) is 1. The van der Waals surface area contributed by atoms with Gasteiger partial charge in [-0.05, 0) is 52.3 Å². The van der Waals surface area contributed by atoms with E-state index in [1.165, 1.54) is 0 Å². The molecule has 4 nitrogen and oxygen atoms in total. The van der Waals surface area contributed by atoms with Gasteiger partial charge in [0, 0.05) is 12.1 Å². The fourth-order valence-corrected chi connectivity index (χ4v) is 2.45. The molecule has 0 saturated carbocycles. The predicted octanol–water partition coefficient (Wildman–Crippen LogP) is 2.55. The van der Waals surface area contributed by atoms with E-state index in [-0.39, 0.29) is 17.2 Å². The van der Waals surface area contributed by atoms with E-state index in [0.717, 1.165) is 17.8 Å². The van der Waals surface area contributed by atoms with Crippen LogP contribution >= 0.6 is 0 Å². The summed E-state index contributed by atoms with van der Waals surface area (Å²) in [5.74, 6) is -0.517. The van der Waals surface area contributed by atoms with E-state index in [2.05, 4.69) is 33.0 Å². The molecule has 0 radical (unpaired) electrons. The molecular formula is C17H24N2O2. The van der Waals surface area contributed by atoms with Crippen LogP contribution in [0.2, 0.25) is 0 Å². The number of rotatable bonds is 4. The maximum Gasteiger partial charge on any atom is 0.299 e. The van der Waals surface area contributed by atoms with E-state index in [1.807, 2.05) is 19.1 Å². The summed E-state index contributed by atoms with van der Waals surface area (Å²) in [5.41, 5.74) is 2.34. The van der Waals surface area contributed by atoms with Crippen LogP contribution < -0.4 is 10.2 Å². The van der Waals surface area contributed by atoms with Gasteiger partial charge in [-0.15, -0.1) is 0 Å². The van der Waals surface area contributed by atoms with E-state index in [9.17, 15) is 9.59 Å². The van der Waals surface area contributed by atoms with Crippen molar-refractivity contribution in [3.8, 4) is 0 Å². The van der Waals surface area contributed by atoms with Crippen LogP contribution in [0, 0.1) is 12.8 Å². The average molecular weight is 288 g/mol. The Kier molecular flexibility index (Phi) is 4.19. The van der Waals surface area contributed by atoms with Gasteiger partial charge in [0.1, 0.15) is 0 Å².